The van der Waals surface area contributed by atoms with Crippen LogP contribution in [0.4, 0.5) is 0 Å². The zero-order valence-electron chi connectivity index (χ0n) is 13.8. The van der Waals surface area contributed by atoms with Crippen LogP contribution in [0.1, 0.15) is 15.9 Å². The molecule has 2 aromatic carbocycles. The topological polar surface area (TPSA) is 56.1 Å². The molecule has 5 nitrogen and oxygen atoms in total. The van der Waals surface area contributed by atoms with Gasteiger partial charge >= 0.3 is 0 Å². The second-order valence-corrected chi connectivity index (χ2v) is 5.95. The third-order valence-electron chi connectivity index (χ3n) is 3.59. The van der Waals surface area contributed by atoms with Gasteiger partial charge in [0.15, 0.2) is 0 Å². The van der Waals surface area contributed by atoms with Crippen molar-refractivity contribution in [3.8, 4) is 11.4 Å². The van der Waals surface area contributed by atoms with Crippen LogP contribution >= 0.6 is 11.6 Å². The summed E-state index contributed by atoms with van der Waals surface area (Å²) < 4.78 is 7.19. The van der Waals surface area contributed by atoms with Gasteiger partial charge in [0.25, 0.3) is 5.91 Å². The highest BCUT2D eigenvalue weighted by atomic mass is 35.5. The van der Waals surface area contributed by atoms with Gasteiger partial charge in [0.1, 0.15) is 12.4 Å². The molecule has 1 aromatic heterocycles. The van der Waals surface area contributed by atoms with Crippen molar-refractivity contribution in [3.05, 3.63) is 77.1 Å². The molecule has 0 aliphatic heterocycles. The van der Waals surface area contributed by atoms with Gasteiger partial charge in [-0.2, -0.15) is 5.10 Å². The molecule has 0 saturated carbocycles. The lowest BCUT2D eigenvalue weighted by molar-refractivity contribution is 0.0947. The van der Waals surface area contributed by atoms with Gasteiger partial charge in [-0.25, -0.2) is 4.68 Å². The molecule has 3 rings (SSSR count). The highest BCUT2D eigenvalue weighted by molar-refractivity contribution is 6.32. The number of aromatic nitrogens is 2. The highest BCUT2D eigenvalue weighted by Crippen LogP contribution is 2.19. The molecule has 3 aromatic rings. The first kappa shape index (κ1) is 17.0. The first-order valence-electron chi connectivity index (χ1n) is 7.91. The average molecular weight is 356 g/mol. The number of carbonyl (C=O) groups is 1. The van der Waals surface area contributed by atoms with Crippen molar-refractivity contribution >= 4 is 17.5 Å². The van der Waals surface area contributed by atoms with Gasteiger partial charge in [-0.1, -0.05) is 35.9 Å². The van der Waals surface area contributed by atoms with E-state index < -0.39 is 0 Å². The Labute approximate surface area is 151 Å². The lowest BCUT2D eigenvalue weighted by Crippen LogP contribution is -2.27. The number of carbonyl (C=O) groups excluding carboxylic acids is 1. The molecule has 0 fully saturated rings. The van der Waals surface area contributed by atoms with Crippen molar-refractivity contribution in [2.45, 2.75) is 6.92 Å². The van der Waals surface area contributed by atoms with E-state index >= 15 is 0 Å². The Balaban J connectivity index is 1.53. The summed E-state index contributed by atoms with van der Waals surface area (Å²) in [5.74, 6) is 0.590. The summed E-state index contributed by atoms with van der Waals surface area (Å²) in [7, 11) is 0. The van der Waals surface area contributed by atoms with Crippen molar-refractivity contribution in [1.29, 1.82) is 0 Å². The summed E-state index contributed by atoms with van der Waals surface area (Å²) in [5.41, 5.74) is 2.33. The zero-order valence-corrected chi connectivity index (χ0v) is 14.5. The number of aryl methyl sites for hydroxylation is 1. The Hall–Kier alpha value is -2.79. The zero-order chi connectivity index (χ0) is 17.6. The SMILES string of the molecule is Cc1cccc(OCCNC(=O)c2cnn(-c3ccccc3Cl)c2)c1. The summed E-state index contributed by atoms with van der Waals surface area (Å²) in [5, 5.41) is 7.58. The molecule has 0 unspecified atom stereocenters. The number of benzene rings is 2. The van der Waals surface area contributed by atoms with Gasteiger partial charge in [-0.15, -0.1) is 0 Å². The van der Waals surface area contributed by atoms with Gasteiger partial charge in [0.2, 0.25) is 0 Å². The largest absolute Gasteiger partial charge is 0.492 e. The minimum atomic E-state index is -0.203. The summed E-state index contributed by atoms with van der Waals surface area (Å²) in [6.45, 7) is 2.81. The van der Waals surface area contributed by atoms with Crippen molar-refractivity contribution in [3.63, 3.8) is 0 Å². The number of nitrogens with one attached hydrogen (secondary N) is 1. The van der Waals surface area contributed by atoms with E-state index in [-0.39, 0.29) is 5.91 Å². The van der Waals surface area contributed by atoms with Crippen LogP contribution in [0, 0.1) is 6.92 Å². The van der Waals surface area contributed by atoms with E-state index in [1.165, 1.54) is 6.20 Å². The van der Waals surface area contributed by atoms with E-state index in [1.54, 1.807) is 16.9 Å². The van der Waals surface area contributed by atoms with Crippen LogP contribution < -0.4 is 10.1 Å². The minimum absolute atomic E-state index is 0.203. The Kier molecular flexibility index (Phi) is 5.36. The molecule has 1 N–H and O–H groups in total. The predicted octanol–water partition coefficient (Wildman–Crippen LogP) is 3.64. The molecule has 25 heavy (non-hydrogen) atoms. The Bertz CT molecular complexity index is 876. The normalized spacial score (nSPS) is 10.5. The number of ether oxygens (including phenoxy) is 1. The molecule has 0 radical (unpaired) electrons. The standard InChI is InChI=1S/C19H18ClN3O2/c1-14-5-4-6-16(11-14)25-10-9-21-19(24)15-12-22-23(13-15)18-8-3-2-7-17(18)20/h2-8,11-13H,9-10H2,1H3,(H,21,24). The van der Waals surface area contributed by atoms with Crippen LogP contribution in [-0.2, 0) is 0 Å². The molecule has 1 heterocycles. The number of rotatable bonds is 6. The first-order valence-corrected chi connectivity index (χ1v) is 8.28. The maximum absolute atomic E-state index is 12.2. The summed E-state index contributed by atoms with van der Waals surface area (Å²) in [6.07, 6.45) is 3.16. The Morgan fingerprint density at radius 3 is 2.88 bits per heavy atom. The monoisotopic (exact) mass is 355 g/mol. The third kappa shape index (κ3) is 4.39. The van der Waals surface area contributed by atoms with Crippen LogP contribution in [0.3, 0.4) is 0 Å². The molecule has 0 aliphatic rings. The molecule has 0 saturated heterocycles. The summed E-state index contributed by atoms with van der Waals surface area (Å²) in [4.78, 5) is 12.2. The fourth-order valence-electron chi connectivity index (χ4n) is 2.35. The lowest BCUT2D eigenvalue weighted by atomic mass is 10.2. The van der Waals surface area contributed by atoms with Crippen molar-refractivity contribution in [1.82, 2.24) is 15.1 Å². The molecule has 0 spiro atoms. The highest BCUT2D eigenvalue weighted by Gasteiger charge is 2.10. The Morgan fingerprint density at radius 2 is 2.08 bits per heavy atom. The van der Waals surface area contributed by atoms with Crippen LogP contribution in [0.15, 0.2) is 60.9 Å². The molecule has 6 heteroatoms. The molecule has 1 amide bonds. The van der Waals surface area contributed by atoms with E-state index in [0.29, 0.717) is 23.7 Å². The van der Waals surface area contributed by atoms with Gasteiger partial charge in [0.05, 0.1) is 29.0 Å². The van der Waals surface area contributed by atoms with Gasteiger partial charge in [-0.3, -0.25) is 4.79 Å². The van der Waals surface area contributed by atoms with Gasteiger partial charge in [-0.05, 0) is 36.8 Å². The minimum Gasteiger partial charge on any atom is -0.492 e. The van der Waals surface area contributed by atoms with E-state index in [9.17, 15) is 4.79 Å². The number of halogens is 1. The maximum Gasteiger partial charge on any atom is 0.254 e. The summed E-state index contributed by atoms with van der Waals surface area (Å²) >= 11 is 6.14. The fourth-order valence-corrected chi connectivity index (χ4v) is 2.57. The number of hydrogen-bond acceptors (Lipinski definition) is 3. The number of amides is 1. The van der Waals surface area contributed by atoms with Crippen LogP contribution in [0.2, 0.25) is 5.02 Å². The molecular weight excluding hydrogens is 338 g/mol. The van der Waals surface area contributed by atoms with Crippen molar-refractivity contribution in [2.24, 2.45) is 0 Å². The van der Waals surface area contributed by atoms with Gasteiger partial charge in [0, 0.05) is 6.20 Å². The fraction of sp³-hybridized carbons (Fsp3) is 0.158. The first-order chi connectivity index (χ1) is 12.1. The number of nitrogens with zero attached hydrogens (tertiary/aromatic N) is 2. The molecule has 128 valence electrons. The van der Waals surface area contributed by atoms with E-state index in [1.807, 2.05) is 49.4 Å². The molecule has 0 aliphatic carbocycles. The smallest absolute Gasteiger partial charge is 0.254 e. The number of para-hydroxylation sites is 1. The van der Waals surface area contributed by atoms with Crippen LogP contribution in [0.25, 0.3) is 5.69 Å². The average Bonchev–Trinajstić information content (AvgIpc) is 3.09. The predicted molar refractivity (Wildman–Crippen MR) is 97.6 cm³/mol. The maximum atomic E-state index is 12.2. The third-order valence-corrected chi connectivity index (χ3v) is 3.91. The van der Waals surface area contributed by atoms with Crippen molar-refractivity contribution < 1.29 is 9.53 Å². The van der Waals surface area contributed by atoms with E-state index in [4.69, 9.17) is 16.3 Å². The van der Waals surface area contributed by atoms with E-state index in [0.717, 1.165) is 17.0 Å². The second kappa shape index (κ2) is 7.85. The van der Waals surface area contributed by atoms with Crippen molar-refractivity contribution in [2.75, 3.05) is 13.2 Å². The molecular formula is C19H18ClN3O2. The Morgan fingerprint density at radius 1 is 1.24 bits per heavy atom. The second-order valence-electron chi connectivity index (χ2n) is 5.55. The van der Waals surface area contributed by atoms with Crippen LogP contribution in [0.5, 0.6) is 5.75 Å². The molecule has 0 bridgehead atoms. The van der Waals surface area contributed by atoms with E-state index in [2.05, 4.69) is 10.4 Å². The van der Waals surface area contributed by atoms with Gasteiger partial charge < -0.3 is 10.1 Å². The lowest BCUT2D eigenvalue weighted by Gasteiger charge is -2.07. The summed E-state index contributed by atoms with van der Waals surface area (Å²) in [6, 6.07) is 15.1. The quantitative estimate of drug-likeness (QED) is 0.687. The molecule has 0 atom stereocenters. The number of hydrogen-bond donors (Lipinski definition) is 1. The van der Waals surface area contributed by atoms with Crippen LogP contribution in [-0.4, -0.2) is 28.8 Å².